The molecule has 1 aromatic heterocycles. The predicted molar refractivity (Wildman–Crippen MR) is 92.0 cm³/mol. The maximum atomic E-state index is 14.2. The van der Waals surface area contributed by atoms with Gasteiger partial charge >= 0.3 is 0 Å². The van der Waals surface area contributed by atoms with E-state index in [1.807, 2.05) is 6.92 Å². The van der Waals surface area contributed by atoms with Crippen LogP contribution in [0.2, 0.25) is 0 Å². The van der Waals surface area contributed by atoms with Gasteiger partial charge in [-0.2, -0.15) is 4.98 Å². The van der Waals surface area contributed by atoms with Crippen LogP contribution in [-0.2, 0) is 11.2 Å². The molecule has 25 heavy (non-hydrogen) atoms. The lowest BCUT2D eigenvalue weighted by Crippen LogP contribution is -2.23. The summed E-state index contributed by atoms with van der Waals surface area (Å²) in [5.74, 6) is -0.210. The number of ether oxygens (including phenoxy) is 2. The zero-order valence-corrected chi connectivity index (χ0v) is 15.3. The SMILES string of the molecule is CCC(COC)Oc1nc(C)nc(Cc2c(F)cc(C)cc2F)c1C. The largest absolute Gasteiger partial charge is 0.472 e. The van der Waals surface area contributed by atoms with Gasteiger partial charge < -0.3 is 9.47 Å². The van der Waals surface area contributed by atoms with E-state index in [0.29, 0.717) is 35.1 Å². The summed E-state index contributed by atoms with van der Waals surface area (Å²) in [5.41, 5.74) is 1.78. The molecule has 4 nitrogen and oxygen atoms in total. The number of aryl methyl sites for hydroxylation is 2. The molecule has 0 saturated heterocycles. The Bertz CT molecular complexity index is 727. The highest BCUT2D eigenvalue weighted by molar-refractivity contribution is 5.35. The fraction of sp³-hybridized carbons (Fsp3) is 0.474. The molecule has 1 unspecified atom stereocenters. The molecule has 0 bridgehead atoms. The summed E-state index contributed by atoms with van der Waals surface area (Å²) in [7, 11) is 1.61. The number of hydrogen-bond donors (Lipinski definition) is 0. The van der Waals surface area contributed by atoms with Crippen molar-refractivity contribution in [3.8, 4) is 5.88 Å². The Morgan fingerprint density at radius 1 is 1.08 bits per heavy atom. The first-order valence-corrected chi connectivity index (χ1v) is 8.29. The van der Waals surface area contributed by atoms with Crippen molar-refractivity contribution < 1.29 is 18.3 Å². The van der Waals surface area contributed by atoms with Crippen LogP contribution < -0.4 is 4.74 Å². The van der Waals surface area contributed by atoms with E-state index in [1.165, 1.54) is 12.1 Å². The van der Waals surface area contributed by atoms with Crippen molar-refractivity contribution in [2.45, 2.75) is 46.6 Å². The van der Waals surface area contributed by atoms with Crippen LogP contribution in [-0.4, -0.2) is 29.8 Å². The fourth-order valence-corrected chi connectivity index (χ4v) is 2.59. The van der Waals surface area contributed by atoms with Gasteiger partial charge in [0.1, 0.15) is 23.6 Å². The van der Waals surface area contributed by atoms with E-state index in [0.717, 1.165) is 6.42 Å². The highest BCUT2D eigenvalue weighted by Crippen LogP contribution is 2.25. The number of benzene rings is 1. The van der Waals surface area contributed by atoms with Gasteiger partial charge in [0, 0.05) is 24.7 Å². The van der Waals surface area contributed by atoms with Crippen LogP contribution in [0.25, 0.3) is 0 Å². The average molecular weight is 350 g/mol. The smallest absolute Gasteiger partial charge is 0.220 e. The first-order valence-electron chi connectivity index (χ1n) is 8.29. The van der Waals surface area contributed by atoms with Crippen LogP contribution in [0.5, 0.6) is 5.88 Å². The molecule has 0 amide bonds. The molecular formula is C19H24F2N2O2. The Morgan fingerprint density at radius 3 is 2.28 bits per heavy atom. The summed E-state index contributed by atoms with van der Waals surface area (Å²) in [6.07, 6.45) is 0.663. The van der Waals surface area contributed by atoms with Crippen LogP contribution in [0, 0.1) is 32.4 Å². The maximum absolute atomic E-state index is 14.2. The van der Waals surface area contributed by atoms with Crippen molar-refractivity contribution in [3.63, 3.8) is 0 Å². The molecule has 0 spiro atoms. The highest BCUT2D eigenvalue weighted by Gasteiger charge is 2.18. The minimum absolute atomic E-state index is 0.00156. The molecule has 2 rings (SSSR count). The molecule has 0 aliphatic rings. The van der Waals surface area contributed by atoms with Crippen LogP contribution >= 0.6 is 0 Å². The highest BCUT2D eigenvalue weighted by atomic mass is 19.1. The molecule has 0 saturated carbocycles. The minimum Gasteiger partial charge on any atom is -0.472 e. The van der Waals surface area contributed by atoms with Crippen molar-refractivity contribution >= 4 is 0 Å². The zero-order chi connectivity index (χ0) is 18.6. The number of methoxy groups -OCH3 is 1. The quantitative estimate of drug-likeness (QED) is 0.755. The van der Waals surface area contributed by atoms with E-state index < -0.39 is 11.6 Å². The van der Waals surface area contributed by atoms with E-state index in [4.69, 9.17) is 9.47 Å². The lowest BCUT2D eigenvalue weighted by atomic mass is 10.0. The standard InChI is InChI=1S/C19H24F2N2O2/c1-6-14(10-24-5)25-19-12(3)18(22-13(4)23-19)9-15-16(20)7-11(2)8-17(15)21/h7-8,14H,6,9-10H2,1-5H3. The van der Waals surface area contributed by atoms with Gasteiger partial charge in [0.05, 0.1) is 12.3 Å². The molecule has 6 heteroatoms. The summed E-state index contributed by atoms with van der Waals surface area (Å²) < 4.78 is 39.4. The van der Waals surface area contributed by atoms with Gasteiger partial charge in [-0.1, -0.05) is 6.92 Å². The molecule has 1 atom stereocenters. The van der Waals surface area contributed by atoms with E-state index in [-0.39, 0.29) is 18.1 Å². The van der Waals surface area contributed by atoms with Crippen LogP contribution in [0.15, 0.2) is 12.1 Å². The molecule has 0 N–H and O–H groups in total. The van der Waals surface area contributed by atoms with Gasteiger partial charge in [-0.3, -0.25) is 0 Å². The second-order valence-corrected chi connectivity index (χ2v) is 6.14. The summed E-state index contributed by atoms with van der Waals surface area (Å²) in [5, 5.41) is 0. The second kappa shape index (κ2) is 8.34. The molecular weight excluding hydrogens is 326 g/mol. The van der Waals surface area contributed by atoms with Gasteiger partial charge in [-0.05, 0) is 44.9 Å². The van der Waals surface area contributed by atoms with Gasteiger partial charge in [0.15, 0.2) is 0 Å². The fourth-order valence-electron chi connectivity index (χ4n) is 2.59. The topological polar surface area (TPSA) is 44.2 Å². The minimum atomic E-state index is -0.568. The molecule has 0 aliphatic carbocycles. The molecule has 1 heterocycles. The number of hydrogen-bond acceptors (Lipinski definition) is 4. The normalized spacial score (nSPS) is 12.3. The van der Waals surface area contributed by atoms with Crippen molar-refractivity contribution in [2.24, 2.45) is 0 Å². The van der Waals surface area contributed by atoms with Crippen molar-refractivity contribution in [1.29, 1.82) is 0 Å². The first-order chi connectivity index (χ1) is 11.8. The molecule has 136 valence electrons. The Morgan fingerprint density at radius 2 is 1.72 bits per heavy atom. The van der Waals surface area contributed by atoms with E-state index in [9.17, 15) is 8.78 Å². The first kappa shape index (κ1) is 19.2. The third-order valence-corrected chi connectivity index (χ3v) is 4.03. The third-order valence-electron chi connectivity index (χ3n) is 4.03. The summed E-state index contributed by atoms with van der Waals surface area (Å²) in [6.45, 7) is 7.62. The Balaban J connectivity index is 2.36. The van der Waals surface area contributed by atoms with Crippen LogP contribution in [0.4, 0.5) is 8.78 Å². The lowest BCUT2D eigenvalue weighted by molar-refractivity contribution is 0.0748. The second-order valence-electron chi connectivity index (χ2n) is 6.14. The van der Waals surface area contributed by atoms with Crippen LogP contribution in [0.3, 0.4) is 0 Å². The number of aromatic nitrogens is 2. The molecule has 0 fully saturated rings. The lowest BCUT2D eigenvalue weighted by Gasteiger charge is -2.19. The average Bonchev–Trinajstić information content (AvgIpc) is 2.54. The maximum Gasteiger partial charge on any atom is 0.220 e. The number of halogens is 2. The van der Waals surface area contributed by atoms with Crippen LogP contribution in [0.1, 0.15) is 41.6 Å². The molecule has 0 radical (unpaired) electrons. The van der Waals surface area contributed by atoms with Gasteiger partial charge in [0.25, 0.3) is 0 Å². The van der Waals surface area contributed by atoms with Crippen molar-refractivity contribution in [2.75, 3.05) is 13.7 Å². The Labute approximate surface area is 147 Å². The Hall–Kier alpha value is -2.08. The van der Waals surface area contributed by atoms with E-state index in [1.54, 1.807) is 27.9 Å². The van der Waals surface area contributed by atoms with Gasteiger partial charge in [-0.15, -0.1) is 0 Å². The summed E-state index contributed by atoms with van der Waals surface area (Å²) in [6, 6.07) is 2.65. The number of nitrogens with zero attached hydrogens (tertiary/aromatic N) is 2. The summed E-state index contributed by atoms with van der Waals surface area (Å²) in [4.78, 5) is 8.68. The zero-order valence-electron chi connectivity index (χ0n) is 15.3. The van der Waals surface area contributed by atoms with Gasteiger partial charge in [-0.25, -0.2) is 13.8 Å². The Kier molecular flexibility index (Phi) is 6.42. The molecule has 1 aromatic carbocycles. The predicted octanol–water partition coefficient (Wildman–Crippen LogP) is 4.07. The van der Waals surface area contributed by atoms with Gasteiger partial charge in [0.2, 0.25) is 5.88 Å². The summed E-state index contributed by atoms with van der Waals surface area (Å²) >= 11 is 0. The van der Waals surface area contributed by atoms with Crippen molar-refractivity contribution in [1.82, 2.24) is 9.97 Å². The number of rotatable bonds is 7. The van der Waals surface area contributed by atoms with Crippen molar-refractivity contribution in [3.05, 3.63) is 52.0 Å². The van der Waals surface area contributed by atoms with E-state index in [2.05, 4.69) is 9.97 Å². The molecule has 0 aliphatic heterocycles. The third kappa shape index (κ3) is 4.72. The molecule has 2 aromatic rings. The van der Waals surface area contributed by atoms with E-state index >= 15 is 0 Å². The monoisotopic (exact) mass is 350 g/mol.